The summed E-state index contributed by atoms with van der Waals surface area (Å²) in [6, 6.07) is 9.82. The fraction of sp³-hybridized carbons (Fsp3) is 0.333. The quantitative estimate of drug-likeness (QED) is 0.845. The predicted molar refractivity (Wildman–Crippen MR) is 79.3 cm³/mol. The van der Waals surface area contributed by atoms with Crippen LogP contribution in [0.1, 0.15) is 31.9 Å². The van der Waals surface area contributed by atoms with Crippen LogP contribution in [-0.4, -0.2) is 16.5 Å². The average Bonchev–Trinajstić information content (AvgIpc) is 2.49. The van der Waals surface area contributed by atoms with Gasteiger partial charge in [0.2, 0.25) is 5.95 Å². The second-order valence-electron chi connectivity index (χ2n) is 4.59. The summed E-state index contributed by atoms with van der Waals surface area (Å²) in [5, 5.41) is 6.12. The van der Waals surface area contributed by atoms with Gasteiger partial charge < -0.3 is 10.6 Å². The van der Waals surface area contributed by atoms with Gasteiger partial charge in [-0.2, -0.15) is 4.98 Å². The Balaban J connectivity index is 2.11. The van der Waals surface area contributed by atoms with Crippen LogP contribution in [0.15, 0.2) is 36.5 Å². The van der Waals surface area contributed by atoms with Crippen LogP contribution in [-0.2, 0) is 0 Å². The number of anilines is 2. The van der Waals surface area contributed by atoms with E-state index in [1.165, 1.54) is 6.20 Å². The number of rotatable bonds is 6. The van der Waals surface area contributed by atoms with Crippen molar-refractivity contribution in [1.82, 2.24) is 9.97 Å². The minimum absolute atomic E-state index is 0.0281. The summed E-state index contributed by atoms with van der Waals surface area (Å²) in [6.45, 7) is 4.78. The molecule has 0 spiro atoms. The van der Waals surface area contributed by atoms with Gasteiger partial charge in [0.15, 0.2) is 11.6 Å². The number of nitrogens with zero attached hydrogens (tertiary/aromatic N) is 2. The Morgan fingerprint density at radius 1 is 1.25 bits per heavy atom. The molecule has 1 unspecified atom stereocenters. The van der Waals surface area contributed by atoms with Gasteiger partial charge in [0.05, 0.1) is 12.2 Å². The molecule has 1 heterocycles. The molecule has 0 saturated heterocycles. The number of halogens is 1. The van der Waals surface area contributed by atoms with Crippen molar-refractivity contribution in [3.63, 3.8) is 0 Å². The van der Waals surface area contributed by atoms with Gasteiger partial charge in [-0.15, -0.1) is 0 Å². The number of benzene rings is 1. The smallest absolute Gasteiger partial charge is 0.224 e. The lowest BCUT2D eigenvalue weighted by molar-refractivity contribution is 0.614. The molecule has 0 bridgehead atoms. The molecule has 1 aromatic carbocycles. The molecule has 0 saturated carbocycles. The summed E-state index contributed by atoms with van der Waals surface area (Å²) >= 11 is 0. The van der Waals surface area contributed by atoms with Crippen molar-refractivity contribution >= 4 is 11.8 Å². The summed E-state index contributed by atoms with van der Waals surface area (Å²) in [5.74, 6) is 0.209. The van der Waals surface area contributed by atoms with E-state index in [9.17, 15) is 4.39 Å². The summed E-state index contributed by atoms with van der Waals surface area (Å²) in [6.07, 6.45) is 2.15. The fourth-order valence-electron chi connectivity index (χ4n) is 1.82. The number of aromatic nitrogens is 2. The summed E-state index contributed by atoms with van der Waals surface area (Å²) in [7, 11) is 0. The monoisotopic (exact) mass is 274 g/mol. The van der Waals surface area contributed by atoms with E-state index in [4.69, 9.17) is 0 Å². The van der Waals surface area contributed by atoms with Gasteiger partial charge in [0, 0.05) is 6.54 Å². The van der Waals surface area contributed by atoms with Gasteiger partial charge in [-0.1, -0.05) is 37.3 Å². The molecule has 0 radical (unpaired) electrons. The van der Waals surface area contributed by atoms with Crippen molar-refractivity contribution in [1.29, 1.82) is 0 Å². The van der Waals surface area contributed by atoms with Gasteiger partial charge in [0.1, 0.15) is 0 Å². The number of hydrogen-bond acceptors (Lipinski definition) is 4. The molecule has 106 valence electrons. The third-order valence-corrected chi connectivity index (χ3v) is 2.93. The molecule has 0 aliphatic rings. The predicted octanol–water partition coefficient (Wildman–Crippen LogP) is 3.61. The van der Waals surface area contributed by atoms with Crippen LogP contribution < -0.4 is 10.6 Å². The average molecular weight is 274 g/mol. The molecule has 5 heteroatoms. The first-order valence-electron chi connectivity index (χ1n) is 6.78. The van der Waals surface area contributed by atoms with E-state index in [1.54, 1.807) is 0 Å². The largest absolute Gasteiger partial charge is 0.361 e. The van der Waals surface area contributed by atoms with Crippen molar-refractivity contribution in [2.45, 2.75) is 26.3 Å². The van der Waals surface area contributed by atoms with Crippen molar-refractivity contribution in [2.75, 3.05) is 17.2 Å². The lowest BCUT2D eigenvalue weighted by atomic mass is 10.1. The molecule has 2 aromatic rings. The van der Waals surface area contributed by atoms with E-state index in [0.29, 0.717) is 5.95 Å². The zero-order chi connectivity index (χ0) is 14.4. The van der Waals surface area contributed by atoms with Crippen LogP contribution in [0.25, 0.3) is 0 Å². The van der Waals surface area contributed by atoms with Gasteiger partial charge in [-0.25, -0.2) is 9.37 Å². The molecule has 1 aromatic heterocycles. The maximum absolute atomic E-state index is 13.8. The lowest BCUT2D eigenvalue weighted by Gasteiger charge is -2.16. The second-order valence-corrected chi connectivity index (χ2v) is 4.59. The SMILES string of the molecule is CCCNc1ncc(F)c(NC(C)c2ccccc2)n1. The van der Waals surface area contributed by atoms with E-state index in [-0.39, 0.29) is 11.9 Å². The van der Waals surface area contributed by atoms with Crippen LogP contribution in [0.4, 0.5) is 16.2 Å². The zero-order valence-electron chi connectivity index (χ0n) is 11.7. The highest BCUT2D eigenvalue weighted by atomic mass is 19.1. The maximum atomic E-state index is 13.8. The van der Waals surface area contributed by atoms with Crippen molar-refractivity contribution in [3.05, 3.63) is 47.9 Å². The minimum atomic E-state index is -0.449. The zero-order valence-corrected chi connectivity index (χ0v) is 11.7. The van der Waals surface area contributed by atoms with Crippen molar-refractivity contribution in [2.24, 2.45) is 0 Å². The highest BCUT2D eigenvalue weighted by Gasteiger charge is 2.11. The first-order chi connectivity index (χ1) is 9.70. The molecule has 0 aliphatic heterocycles. The van der Waals surface area contributed by atoms with E-state index in [1.807, 2.05) is 44.2 Å². The second kappa shape index (κ2) is 6.84. The normalized spacial score (nSPS) is 11.9. The maximum Gasteiger partial charge on any atom is 0.224 e. The molecule has 0 amide bonds. The van der Waals surface area contributed by atoms with Crippen LogP contribution in [0, 0.1) is 5.82 Å². The fourth-order valence-corrected chi connectivity index (χ4v) is 1.82. The van der Waals surface area contributed by atoms with Gasteiger partial charge >= 0.3 is 0 Å². The van der Waals surface area contributed by atoms with Gasteiger partial charge in [-0.3, -0.25) is 0 Å². The molecular formula is C15H19FN4. The highest BCUT2D eigenvalue weighted by Crippen LogP contribution is 2.20. The number of nitrogens with one attached hydrogen (secondary N) is 2. The molecule has 2 rings (SSSR count). The Morgan fingerprint density at radius 3 is 2.70 bits per heavy atom. The Labute approximate surface area is 118 Å². The van der Waals surface area contributed by atoms with E-state index in [0.717, 1.165) is 18.5 Å². The highest BCUT2D eigenvalue weighted by molar-refractivity contribution is 5.43. The molecule has 2 N–H and O–H groups in total. The van der Waals surface area contributed by atoms with Crippen LogP contribution in [0.3, 0.4) is 0 Å². The molecule has 4 nitrogen and oxygen atoms in total. The van der Waals surface area contributed by atoms with Crippen LogP contribution >= 0.6 is 0 Å². The van der Waals surface area contributed by atoms with E-state index < -0.39 is 5.82 Å². The molecule has 1 atom stereocenters. The topological polar surface area (TPSA) is 49.8 Å². The van der Waals surface area contributed by atoms with Gasteiger partial charge in [-0.05, 0) is 18.9 Å². The third kappa shape index (κ3) is 3.66. The standard InChI is InChI=1S/C15H19FN4/c1-3-9-17-15-18-10-13(16)14(20-15)19-11(2)12-7-5-4-6-8-12/h4-8,10-11H,3,9H2,1-2H3,(H2,17,18,19,20). The molecule has 20 heavy (non-hydrogen) atoms. The van der Waals surface area contributed by atoms with Crippen molar-refractivity contribution in [3.8, 4) is 0 Å². The van der Waals surface area contributed by atoms with Gasteiger partial charge in [0.25, 0.3) is 0 Å². The number of hydrogen-bond donors (Lipinski definition) is 2. The molecule has 0 fully saturated rings. The van der Waals surface area contributed by atoms with E-state index >= 15 is 0 Å². The van der Waals surface area contributed by atoms with E-state index in [2.05, 4.69) is 20.6 Å². The minimum Gasteiger partial charge on any atom is -0.361 e. The third-order valence-electron chi connectivity index (χ3n) is 2.93. The first-order valence-corrected chi connectivity index (χ1v) is 6.78. The summed E-state index contributed by atoms with van der Waals surface area (Å²) in [4.78, 5) is 8.09. The Bertz CT molecular complexity index is 545. The van der Waals surface area contributed by atoms with Crippen molar-refractivity contribution < 1.29 is 4.39 Å². The molecule has 0 aliphatic carbocycles. The van der Waals surface area contributed by atoms with Crippen LogP contribution in [0.5, 0.6) is 0 Å². The first kappa shape index (κ1) is 14.2. The summed E-state index contributed by atoms with van der Waals surface area (Å²) < 4.78 is 13.8. The Morgan fingerprint density at radius 2 is 2.00 bits per heavy atom. The molecular weight excluding hydrogens is 255 g/mol. The van der Waals surface area contributed by atoms with Crippen LogP contribution in [0.2, 0.25) is 0 Å². The summed E-state index contributed by atoms with van der Waals surface area (Å²) in [5.41, 5.74) is 1.08. The Hall–Kier alpha value is -2.17. The Kier molecular flexibility index (Phi) is 4.87. The lowest BCUT2D eigenvalue weighted by Crippen LogP contribution is -2.12.